The fourth-order valence-corrected chi connectivity index (χ4v) is 1.54. The first-order valence-corrected chi connectivity index (χ1v) is 4.16. The Labute approximate surface area is 76.3 Å². The largest absolute Gasteiger partial charge is 0.469 e. The van der Waals surface area contributed by atoms with E-state index in [1.54, 1.807) is 12.3 Å². The summed E-state index contributed by atoms with van der Waals surface area (Å²) >= 11 is 0. The SMILES string of the molecule is N=C(N)C1C=COC2=CCN=CC21. The van der Waals surface area contributed by atoms with Gasteiger partial charge in [-0.05, 0) is 12.2 Å². The molecule has 2 heterocycles. The van der Waals surface area contributed by atoms with Gasteiger partial charge in [-0.1, -0.05) is 0 Å². The second-order valence-corrected chi connectivity index (χ2v) is 3.07. The fourth-order valence-electron chi connectivity index (χ4n) is 1.54. The summed E-state index contributed by atoms with van der Waals surface area (Å²) in [6.07, 6.45) is 7.12. The van der Waals surface area contributed by atoms with Gasteiger partial charge in [0, 0.05) is 6.21 Å². The lowest BCUT2D eigenvalue weighted by atomic mass is 9.88. The lowest BCUT2D eigenvalue weighted by molar-refractivity contribution is 0.281. The van der Waals surface area contributed by atoms with Crippen molar-refractivity contribution in [1.29, 1.82) is 5.41 Å². The summed E-state index contributed by atoms with van der Waals surface area (Å²) in [4.78, 5) is 4.13. The maximum Gasteiger partial charge on any atom is 0.110 e. The summed E-state index contributed by atoms with van der Waals surface area (Å²) in [6, 6.07) is 0. The standard InChI is InChI=1S/C9H11N3O/c10-9(11)6-2-4-13-8-1-3-12-5-7(6)8/h1-2,4-7H,3H2,(H3,10,11). The van der Waals surface area contributed by atoms with Gasteiger partial charge in [-0.15, -0.1) is 0 Å². The molecular weight excluding hydrogens is 166 g/mol. The molecule has 68 valence electrons. The van der Waals surface area contributed by atoms with Crippen LogP contribution in [0.1, 0.15) is 0 Å². The monoisotopic (exact) mass is 177 g/mol. The van der Waals surface area contributed by atoms with Crippen molar-refractivity contribution in [2.24, 2.45) is 22.6 Å². The van der Waals surface area contributed by atoms with Crippen LogP contribution < -0.4 is 5.73 Å². The van der Waals surface area contributed by atoms with Crippen molar-refractivity contribution in [3.63, 3.8) is 0 Å². The second-order valence-electron chi connectivity index (χ2n) is 3.07. The van der Waals surface area contributed by atoms with E-state index in [1.165, 1.54) is 0 Å². The summed E-state index contributed by atoms with van der Waals surface area (Å²) in [5, 5.41) is 7.39. The van der Waals surface area contributed by atoms with Crippen molar-refractivity contribution in [1.82, 2.24) is 0 Å². The van der Waals surface area contributed by atoms with Crippen LogP contribution in [-0.4, -0.2) is 18.6 Å². The molecule has 4 heteroatoms. The van der Waals surface area contributed by atoms with Crippen molar-refractivity contribution < 1.29 is 4.74 Å². The molecule has 3 N–H and O–H groups in total. The molecule has 2 rings (SSSR count). The van der Waals surface area contributed by atoms with Crippen LogP contribution in [0.3, 0.4) is 0 Å². The van der Waals surface area contributed by atoms with Crippen molar-refractivity contribution in [2.75, 3.05) is 6.54 Å². The highest BCUT2D eigenvalue weighted by atomic mass is 16.5. The van der Waals surface area contributed by atoms with Crippen LogP contribution in [0.15, 0.2) is 29.2 Å². The number of rotatable bonds is 1. The number of hydrogen-bond acceptors (Lipinski definition) is 3. The number of ether oxygens (including phenoxy) is 1. The third-order valence-electron chi connectivity index (χ3n) is 2.23. The molecule has 2 unspecified atom stereocenters. The van der Waals surface area contributed by atoms with Crippen LogP contribution in [0.4, 0.5) is 0 Å². The average molecular weight is 177 g/mol. The first-order chi connectivity index (χ1) is 6.29. The Bertz CT molecular complexity index is 317. The van der Waals surface area contributed by atoms with Gasteiger partial charge in [0.15, 0.2) is 0 Å². The number of nitrogens with one attached hydrogen (secondary N) is 1. The van der Waals surface area contributed by atoms with E-state index in [4.69, 9.17) is 15.9 Å². The van der Waals surface area contributed by atoms with E-state index in [9.17, 15) is 0 Å². The molecular formula is C9H11N3O. The highest BCUT2D eigenvalue weighted by molar-refractivity contribution is 5.86. The number of fused-ring (bicyclic) bond motifs is 1. The van der Waals surface area contributed by atoms with Gasteiger partial charge in [0.05, 0.1) is 30.5 Å². The zero-order valence-electron chi connectivity index (χ0n) is 7.10. The smallest absolute Gasteiger partial charge is 0.110 e. The molecule has 2 atom stereocenters. The first-order valence-electron chi connectivity index (χ1n) is 4.16. The summed E-state index contributed by atoms with van der Waals surface area (Å²) in [6.45, 7) is 0.657. The minimum Gasteiger partial charge on any atom is -0.469 e. The average Bonchev–Trinajstić information content (AvgIpc) is 2.17. The molecule has 0 aromatic heterocycles. The van der Waals surface area contributed by atoms with Crippen LogP contribution >= 0.6 is 0 Å². The Morgan fingerprint density at radius 3 is 3.31 bits per heavy atom. The minimum absolute atomic E-state index is 0.0243. The van der Waals surface area contributed by atoms with Crippen molar-refractivity contribution in [3.8, 4) is 0 Å². The van der Waals surface area contributed by atoms with Gasteiger partial charge in [-0.25, -0.2) is 0 Å². The number of nitrogens with zero attached hydrogens (tertiary/aromatic N) is 1. The molecule has 4 nitrogen and oxygen atoms in total. The molecule has 0 aromatic carbocycles. The molecule has 0 fully saturated rings. The van der Waals surface area contributed by atoms with E-state index in [1.807, 2.05) is 12.3 Å². The van der Waals surface area contributed by atoms with E-state index >= 15 is 0 Å². The summed E-state index contributed by atoms with van der Waals surface area (Å²) in [5.74, 6) is 0.946. The van der Waals surface area contributed by atoms with E-state index in [-0.39, 0.29) is 17.7 Å². The number of allylic oxidation sites excluding steroid dienone is 1. The zero-order chi connectivity index (χ0) is 9.26. The van der Waals surface area contributed by atoms with Crippen LogP contribution in [0, 0.1) is 17.2 Å². The molecule has 2 aliphatic rings. The highest BCUT2D eigenvalue weighted by Gasteiger charge is 2.29. The number of hydrogen-bond donors (Lipinski definition) is 2. The Hall–Kier alpha value is -1.58. The molecule has 2 aliphatic heterocycles. The Morgan fingerprint density at radius 2 is 2.54 bits per heavy atom. The van der Waals surface area contributed by atoms with Gasteiger partial charge in [0.25, 0.3) is 0 Å². The van der Waals surface area contributed by atoms with Crippen molar-refractivity contribution >= 4 is 12.1 Å². The van der Waals surface area contributed by atoms with Gasteiger partial charge < -0.3 is 10.5 Å². The molecule has 0 saturated heterocycles. The normalized spacial score (nSPS) is 30.3. The summed E-state index contributed by atoms with van der Waals surface area (Å²) < 4.78 is 5.30. The Kier molecular flexibility index (Phi) is 1.88. The number of dihydropyridines is 1. The third kappa shape index (κ3) is 1.35. The second kappa shape index (κ2) is 3.05. The first kappa shape index (κ1) is 8.04. The molecule has 0 amide bonds. The summed E-state index contributed by atoms with van der Waals surface area (Å²) in [5.41, 5.74) is 5.46. The predicted octanol–water partition coefficient (Wildman–Crippen LogP) is 0.667. The van der Waals surface area contributed by atoms with Gasteiger partial charge >= 0.3 is 0 Å². The number of nitrogens with two attached hydrogens (primary N) is 1. The van der Waals surface area contributed by atoms with Gasteiger partial charge in [-0.2, -0.15) is 0 Å². The lowest BCUT2D eigenvalue weighted by Gasteiger charge is -2.27. The zero-order valence-corrected chi connectivity index (χ0v) is 7.10. The van der Waals surface area contributed by atoms with E-state index in [0.29, 0.717) is 6.54 Å². The Morgan fingerprint density at radius 1 is 1.69 bits per heavy atom. The third-order valence-corrected chi connectivity index (χ3v) is 2.23. The van der Waals surface area contributed by atoms with Crippen LogP contribution in [0.5, 0.6) is 0 Å². The fraction of sp³-hybridized carbons (Fsp3) is 0.333. The predicted molar refractivity (Wildman–Crippen MR) is 50.6 cm³/mol. The van der Waals surface area contributed by atoms with E-state index in [2.05, 4.69) is 4.99 Å². The summed E-state index contributed by atoms with van der Waals surface area (Å²) in [7, 11) is 0. The van der Waals surface area contributed by atoms with Crippen LogP contribution in [-0.2, 0) is 4.74 Å². The van der Waals surface area contributed by atoms with E-state index < -0.39 is 0 Å². The maximum atomic E-state index is 7.39. The van der Waals surface area contributed by atoms with Crippen molar-refractivity contribution in [3.05, 3.63) is 24.2 Å². The lowest BCUT2D eigenvalue weighted by Crippen LogP contribution is -2.33. The van der Waals surface area contributed by atoms with Crippen molar-refractivity contribution in [2.45, 2.75) is 0 Å². The number of aliphatic imine (C=N–C) groups is 1. The van der Waals surface area contributed by atoms with Gasteiger partial charge in [0.2, 0.25) is 0 Å². The molecule has 0 aliphatic carbocycles. The molecule has 13 heavy (non-hydrogen) atoms. The molecule has 0 saturated carbocycles. The molecule has 0 bridgehead atoms. The number of amidine groups is 1. The molecule has 0 aromatic rings. The quantitative estimate of drug-likeness (QED) is 0.456. The molecule has 0 radical (unpaired) electrons. The highest BCUT2D eigenvalue weighted by Crippen LogP contribution is 2.28. The van der Waals surface area contributed by atoms with Gasteiger partial charge in [-0.3, -0.25) is 10.4 Å². The Balaban J connectivity index is 2.30. The maximum absolute atomic E-state index is 7.39. The topological polar surface area (TPSA) is 71.5 Å². The van der Waals surface area contributed by atoms with Gasteiger partial charge in [0.1, 0.15) is 5.76 Å². The molecule has 0 spiro atoms. The van der Waals surface area contributed by atoms with Crippen LogP contribution in [0.2, 0.25) is 0 Å². The minimum atomic E-state index is -0.0935. The van der Waals surface area contributed by atoms with E-state index in [0.717, 1.165) is 5.76 Å². The van der Waals surface area contributed by atoms with Crippen LogP contribution in [0.25, 0.3) is 0 Å².